The molecule has 1 rings (SSSR count). The fraction of sp³-hybridized carbons (Fsp3) is 0.333. The first-order chi connectivity index (χ1) is 6.76. The van der Waals surface area contributed by atoms with Crippen molar-refractivity contribution in [2.75, 3.05) is 6.54 Å². The van der Waals surface area contributed by atoms with Crippen LogP contribution in [-0.4, -0.2) is 12.6 Å². The Morgan fingerprint density at radius 1 is 1.57 bits per heavy atom. The summed E-state index contributed by atoms with van der Waals surface area (Å²) in [6.07, 6.45) is 2.64. The second-order valence-electron chi connectivity index (χ2n) is 3.23. The Kier molecular flexibility index (Phi) is 4.33. The summed E-state index contributed by atoms with van der Waals surface area (Å²) in [5, 5.41) is 3.26. The van der Waals surface area contributed by atoms with Gasteiger partial charge in [-0.05, 0) is 30.7 Å². The Bertz CT molecular complexity index is 296. The van der Waals surface area contributed by atoms with Crippen LogP contribution in [-0.2, 0) is 6.42 Å². The Morgan fingerprint density at radius 2 is 2.36 bits per heavy atom. The van der Waals surface area contributed by atoms with E-state index < -0.39 is 0 Å². The lowest BCUT2D eigenvalue weighted by atomic mass is 10.1. The zero-order valence-electron chi connectivity index (χ0n) is 8.46. The molecule has 0 heterocycles. The summed E-state index contributed by atoms with van der Waals surface area (Å²) in [5.74, 6) is -0.179. The van der Waals surface area contributed by atoms with Crippen molar-refractivity contribution < 1.29 is 4.39 Å². The monoisotopic (exact) mass is 193 g/mol. The molecule has 1 aromatic rings. The summed E-state index contributed by atoms with van der Waals surface area (Å²) < 4.78 is 12.9. The molecule has 0 aromatic heterocycles. The van der Waals surface area contributed by atoms with Gasteiger partial charge in [-0.25, -0.2) is 4.39 Å². The van der Waals surface area contributed by atoms with Crippen molar-refractivity contribution in [3.8, 4) is 0 Å². The second kappa shape index (κ2) is 5.55. The molecule has 0 spiro atoms. The second-order valence-corrected chi connectivity index (χ2v) is 3.23. The van der Waals surface area contributed by atoms with Crippen LogP contribution >= 0.6 is 0 Å². The normalized spacial score (nSPS) is 12.4. The number of rotatable bonds is 5. The van der Waals surface area contributed by atoms with Gasteiger partial charge in [0, 0.05) is 6.04 Å². The van der Waals surface area contributed by atoms with Crippen LogP contribution in [0.1, 0.15) is 12.5 Å². The van der Waals surface area contributed by atoms with Crippen molar-refractivity contribution in [1.82, 2.24) is 5.32 Å². The molecule has 76 valence electrons. The summed E-state index contributed by atoms with van der Waals surface area (Å²) in [7, 11) is 0. The smallest absolute Gasteiger partial charge is 0.123 e. The van der Waals surface area contributed by atoms with E-state index >= 15 is 0 Å². The SMILES string of the molecule is C=CC(Cc1cccc(F)c1)NCC. The maximum Gasteiger partial charge on any atom is 0.123 e. The lowest BCUT2D eigenvalue weighted by Crippen LogP contribution is -2.28. The molecule has 1 nitrogen and oxygen atoms in total. The van der Waals surface area contributed by atoms with E-state index in [2.05, 4.69) is 11.9 Å². The molecule has 0 aliphatic carbocycles. The molecule has 1 aromatic carbocycles. The van der Waals surface area contributed by atoms with Crippen molar-refractivity contribution >= 4 is 0 Å². The van der Waals surface area contributed by atoms with E-state index in [0.717, 1.165) is 18.5 Å². The van der Waals surface area contributed by atoms with Crippen LogP contribution in [0.3, 0.4) is 0 Å². The number of halogens is 1. The van der Waals surface area contributed by atoms with Crippen molar-refractivity contribution in [2.45, 2.75) is 19.4 Å². The van der Waals surface area contributed by atoms with Crippen LogP contribution < -0.4 is 5.32 Å². The lowest BCUT2D eigenvalue weighted by molar-refractivity contribution is 0.601. The fourth-order valence-electron chi connectivity index (χ4n) is 1.42. The Labute approximate surface area is 84.6 Å². The third kappa shape index (κ3) is 3.30. The average molecular weight is 193 g/mol. The van der Waals surface area contributed by atoms with Crippen molar-refractivity contribution in [1.29, 1.82) is 0 Å². The van der Waals surface area contributed by atoms with E-state index in [4.69, 9.17) is 0 Å². The van der Waals surface area contributed by atoms with Crippen LogP contribution in [0.15, 0.2) is 36.9 Å². The zero-order chi connectivity index (χ0) is 10.4. The molecule has 0 saturated heterocycles. The highest BCUT2D eigenvalue weighted by atomic mass is 19.1. The van der Waals surface area contributed by atoms with Gasteiger partial charge in [-0.1, -0.05) is 25.1 Å². The van der Waals surface area contributed by atoms with E-state index in [9.17, 15) is 4.39 Å². The first-order valence-electron chi connectivity index (χ1n) is 4.86. The van der Waals surface area contributed by atoms with Crippen molar-refractivity contribution in [3.05, 3.63) is 48.3 Å². The number of nitrogens with one attached hydrogen (secondary N) is 1. The lowest BCUT2D eigenvalue weighted by Gasteiger charge is -2.12. The van der Waals surface area contributed by atoms with Gasteiger partial charge < -0.3 is 5.32 Å². The van der Waals surface area contributed by atoms with Gasteiger partial charge in [0.1, 0.15) is 5.82 Å². The van der Waals surface area contributed by atoms with Crippen LogP contribution in [0.5, 0.6) is 0 Å². The van der Waals surface area contributed by atoms with E-state index in [1.807, 2.05) is 19.1 Å². The van der Waals surface area contributed by atoms with Crippen molar-refractivity contribution in [2.24, 2.45) is 0 Å². The standard InChI is InChI=1S/C12H16FN/c1-3-12(14-4-2)9-10-6-5-7-11(13)8-10/h3,5-8,12,14H,1,4,9H2,2H3. The predicted octanol–water partition coefficient (Wildman–Crippen LogP) is 2.53. The number of hydrogen-bond donors (Lipinski definition) is 1. The van der Waals surface area contributed by atoms with Gasteiger partial charge in [0.2, 0.25) is 0 Å². The third-order valence-electron chi connectivity index (χ3n) is 2.10. The molecular weight excluding hydrogens is 177 g/mol. The summed E-state index contributed by atoms with van der Waals surface area (Å²) in [4.78, 5) is 0. The molecule has 0 saturated carbocycles. The molecule has 0 amide bonds. The highest BCUT2D eigenvalue weighted by Crippen LogP contribution is 2.06. The van der Waals surface area contributed by atoms with Gasteiger partial charge in [0.05, 0.1) is 0 Å². The van der Waals surface area contributed by atoms with E-state index in [0.29, 0.717) is 0 Å². The molecular formula is C12H16FN. The largest absolute Gasteiger partial charge is 0.310 e. The molecule has 0 fully saturated rings. The zero-order valence-corrected chi connectivity index (χ0v) is 8.46. The Hall–Kier alpha value is -1.15. The van der Waals surface area contributed by atoms with Crippen molar-refractivity contribution in [3.63, 3.8) is 0 Å². The fourth-order valence-corrected chi connectivity index (χ4v) is 1.42. The minimum Gasteiger partial charge on any atom is -0.310 e. The topological polar surface area (TPSA) is 12.0 Å². The first kappa shape index (κ1) is 10.9. The Balaban J connectivity index is 2.62. The summed E-state index contributed by atoms with van der Waals surface area (Å²) in [5.41, 5.74) is 0.996. The van der Waals surface area contributed by atoms with Crippen LogP contribution in [0, 0.1) is 5.82 Å². The summed E-state index contributed by atoms with van der Waals surface area (Å²) in [6, 6.07) is 6.91. The van der Waals surface area contributed by atoms with Gasteiger partial charge in [0.15, 0.2) is 0 Å². The minimum absolute atomic E-state index is 0.179. The van der Waals surface area contributed by atoms with Gasteiger partial charge in [-0.3, -0.25) is 0 Å². The molecule has 1 N–H and O–H groups in total. The molecule has 0 bridgehead atoms. The molecule has 14 heavy (non-hydrogen) atoms. The summed E-state index contributed by atoms with van der Waals surface area (Å²) >= 11 is 0. The minimum atomic E-state index is -0.179. The number of benzene rings is 1. The molecule has 2 heteroatoms. The summed E-state index contributed by atoms with van der Waals surface area (Å²) in [6.45, 7) is 6.68. The maximum atomic E-state index is 12.9. The van der Waals surface area contributed by atoms with Gasteiger partial charge in [-0.15, -0.1) is 6.58 Å². The van der Waals surface area contributed by atoms with E-state index in [1.165, 1.54) is 6.07 Å². The Morgan fingerprint density at radius 3 is 2.93 bits per heavy atom. The molecule has 0 aliphatic heterocycles. The molecule has 1 atom stereocenters. The first-order valence-corrected chi connectivity index (χ1v) is 4.86. The molecule has 1 unspecified atom stereocenters. The van der Waals surface area contributed by atoms with Crippen LogP contribution in [0.25, 0.3) is 0 Å². The molecule has 0 radical (unpaired) electrons. The van der Waals surface area contributed by atoms with Gasteiger partial charge in [-0.2, -0.15) is 0 Å². The van der Waals surface area contributed by atoms with Crippen LogP contribution in [0.2, 0.25) is 0 Å². The average Bonchev–Trinajstić information content (AvgIpc) is 2.17. The van der Waals surface area contributed by atoms with Gasteiger partial charge >= 0.3 is 0 Å². The quantitative estimate of drug-likeness (QED) is 0.708. The maximum absolute atomic E-state index is 12.9. The van der Waals surface area contributed by atoms with E-state index in [1.54, 1.807) is 12.1 Å². The van der Waals surface area contributed by atoms with Crippen LogP contribution in [0.4, 0.5) is 4.39 Å². The number of likely N-dealkylation sites (N-methyl/N-ethyl adjacent to an activating group) is 1. The molecule has 0 aliphatic rings. The van der Waals surface area contributed by atoms with Gasteiger partial charge in [0.25, 0.3) is 0 Å². The van der Waals surface area contributed by atoms with E-state index in [-0.39, 0.29) is 11.9 Å². The number of hydrogen-bond acceptors (Lipinski definition) is 1. The highest BCUT2D eigenvalue weighted by Gasteiger charge is 2.03. The predicted molar refractivity (Wildman–Crippen MR) is 57.8 cm³/mol. The highest BCUT2D eigenvalue weighted by molar-refractivity contribution is 5.18. The third-order valence-corrected chi connectivity index (χ3v) is 2.10.